The fraction of sp³-hybridized carbons (Fsp3) is 0.269. The van der Waals surface area contributed by atoms with Gasteiger partial charge in [0.05, 0.1) is 12.1 Å². The SMILES string of the molecule is O=C(c1cccc(-c2ccc3nccn3c2)c1)N1CCC(O)(CN2CNn3cccc3C2=O)CC1. The summed E-state index contributed by atoms with van der Waals surface area (Å²) in [4.78, 5) is 33.7. The standard InChI is InChI=1S/C26H26N6O3/c33-24(20-4-1-3-19(15-20)21-6-7-23-27-10-14-30(23)16-21)29-12-8-26(35,9-13-29)17-31-18-28-32-11-2-5-22(32)25(31)34/h1-7,10-11,14-16,28,35H,8-9,12-13,17-18H2. The van der Waals surface area contributed by atoms with Gasteiger partial charge >= 0.3 is 0 Å². The minimum atomic E-state index is -1.02. The van der Waals surface area contributed by atoms with Crippen molar-refractivity contribution in [3.8, 4) is 11.1 Å². The summed E-state index contributed by atoms with van der Waals surface area (Å²) in [6, 6.07) is 15.2. The molecule has 0 unspecified atom stereocenters. The predicted octanol–water partition coefficient (Wildman–Crippen LogP) is 2.43. The fourth-order valence-corrected chi connectivity index (χ4v) is 4.96. The van der Waals surface area contributed by atoms with Crippen LogP contribution < -0.4 is 5.43 Å². The molecule has 0 bridgehead atoms. The Kier molecular flexibility index (Phi) is 5.07. The summed E-state index contributed by atoms with van der Waals surface area (Å²) in [6.45, 7) is 1.44. The van der Waals surface area contributed by atoms with Crippen molar-refractivity contribution in [2.75, 3.05) is 31.7 Å². The summed E-state index contributed by atoms with van der Waals surface area (Å²) in [7, 11) is 0. The van der Waals surface area contributed by atoms with Crippen LogP contribution in [0.2, 0.25) is 0 Å². The first-order valence-electron chi connectivity index (χ1n) is 11.7. The number of benzene rings is 1. The number of aliphatic hydroxyl groups is 1. The van der Waals surface area contributed by atoms with Gasteiger partial charge in [0, 0.05) is 43.4 Å². The summed E-state index contributed by atoms with van der Waals surface area (Å²) in [5.41, 5.74) is 6.13. The van der Waals surface area contributed by atoms with Crippen molar-refractivity contribution in [2.24, 2.45) is 0 Å². The number of β-amino-alcohol motifs (C(OH)–C–C–N with tert-alkyl or cyclic N) is 1. The fourth-order valence-electron chi connectivity index (χ4n) is 4.96. The summed E-state index contributed by atoms with van der Waals surface area (Å²) < 4.78 is 3.65. The van der Waals surface area contributed by atoms with E-state index in [1.54, 1.807) is 32.9 Å². The molecule has 0 atom stereocenters. The average Bonchev–Trinajstić information content (AvgIpc) is 3.55. The highest BCUT2D eigenvalue weighted by atomic mass is 16.3. The molecule has 9 heteroatoms. The van der Waals surface area contributed by atoms with E-state index >= 15 is 0 Å². The van der Waals surface area contributed by atoms with Gasteiger partial charge in [-0.05, 0) is 60.4 Å². The van der Waals surface area contributed by atoms with E-state index in [-0.39, 0.29) is 18.4 Å². The molecular weight excluding hydrogens is 444 g/mol. The van der Waals surface area contributed by atoms with Crippen LogP contribution in [0, 0.1) is 0 Å². The molecule has 1 fully saturated rings. The number of imidazole rings is 1. The molecule has 6 rings (SSSR count). The van der Waals surface area contributed by atoms with E-state index in [0.717, 1.165) is 16.8 Å². The zero-order chi connectivity index (χ0) is 24.0. The van der Waals surface area contributed by atoms with E-state index in [1.165, 1.54) is 0 Å². The Morgan fingerprint density at radius 2 is 1.91 bits per heavy atom. The maximum Gasteiger partial charge on any atom is 0.273 e. The summed E-state index contributed by atoms with van der Waals surface area (Å²) in [6.07, 6.45) is 8.29. The van der Waals surface area contributed by atoms with Crippen molar-refractivity contribution in [1.82, 2.24) is 23.9 Å². The number of nitrogens with one attached hydrogen (secondary N) is 1. The molecule has 2 aliphatic heterocycles. The number of pyridine rings is 1. The number of aromatic nitrogens is 3. The Balaban J connectivity index is 1.12. The molecule has 4 aromatic rings. The highest BCUT2D eigenvalue weighted by Gasteiger charge is 2.38. The van der Waals surface area contributed by atoms with Gasteiger partial charge in [0.1, 0.15) is 18.0 Å². The van der Waals surface area contributed by atoms with E-state index in [4.69, 9.17) is 0 Å². The highest BCUT2D eigenvalue weighted by molar-refractivity contribution is 5.95. The molecule has 1 saturated heterocycles. The first-order valence-corrected chi connectivity index (χ1v) is 11.7. The molecule has 3 aromatic heterocycles. The van der Waals surface area contributed by atoms with Crippen molar-refractivity contribution in [3.63, 3.8) is 0 Å². The number of nitrogens with zero attached hydrogens (tertiary/aromatic N) is 5. The van der Waals surface area contributed by atoms with Gasteiger partial charge in [-0.2, -0.15) is 0 Å². The zero-order valence-corrected chi connectivity index (χ0v) is 19.2. The number of hydrogen-bond acceptors (Lipinski definition) is 5. The van der Waals surface area contributed by atoms with Crippen LogP contribution in [0.15, 0.2) is 73.3 Å². The van der Waals surface area contributed by atoms with Crippen molar-refractivity contribution in [1.29, 1.82) is 0 Å². The van der Waals surface area contributed by atoms with Gasteiger partial charge in [-0.3, -0.25) is 14.3 Å². The largest absolute Gasteiger partial charge is 0.388 e. The Bertz CT molecular complexity index is 1420. The molecule has 35 heavy (non-hydrogen) atoms. The summed E-state index contributed by atoms with van der Waals surface area (Å²) >= 11 is 0. The molecule has 0 aliphatic carbocycles. The van der Waals surface area contributed by atoms with Crippen LogP contribution in [0.25, 0.3) is 16.8 Å². The van der Waals surface area contributed by atoms with Gasteiger partial charge in [0.15, 0.2) is 0 Å². The monoisotopic (exact) mass is 470 g/mol. The average molecular weight is 471 g/mol. The van der Waals surface area contributed by atoms with Gasteiger partial charge in [0.25, 0.3) is 11.8 Å². The second kappa shape index (κ2) is 8.28. The van der Waals surface area contributed by atoms with E-state index < -0.39 is 5.60 Å². The van der Waals surface area contributed by atoms with Gasteiger partial charge in [-0.15, -0.1) is 0 Å². The van der Waals surface area contributed by atoms with E-state index in [2.05, 4.69) is 10.4 Å². The summed E-state index contributed by atoms with van der Waals surface area (Å²) in [5.74, 6) is -0.155. The van der Waals surface area contributed by atoms with Crippen molar-refractivity contribution in [2.45, 2.75) is 18.4 Å². The number of fused-ring (bicyclic) bond motifs is 2. The number of carbonyl (C=O) groups is 2. The van der Waals surface area contributed by atoms with Crippen LogP contribution in [-0.4, -0.2) is 72.7 Å². The highest BCUT2D eigenvalue weighted by Crippen LogP contribution is 2.27. The Hall–Kier alpha value is -4.11. The Morgan fingerprint density at radius 1 is 1.06 bits per heavy atom. The predicted molar refractivity (Wildman–Crippen MR) is 130 cm³/mol. The van der Waals surface area contributed by atoms with Crippen molar-refractivity contribution in [3.05, 3.63) is 84.6 Å². The van der Waals surface area contributed by atoms with Crippen molar-refractivity contribution < 1.29 is 14.7 Å². The van der Waals surface area contributed by atoms with Gasteiger partial charge in [-0.1, -0.05) is 12.1 Å². The molecule has 2 aliphatic rings. The number of hydrogen-bond donors (Lipinski definition) is 2. The molecule has 0 radical (unpaired) electrons. The quantitative estimate of drug-likeness (QED) is 0.478. The number of likely N-dealkylation sites (tertiary alicyclic amines) is 1. The lowest BCUT2D eigenvalue weighted by Gasteiger charge is -2.42. The van der Waals surface area contributed by atoms with Gasteiger partial charge in [0.2, 0.25) is 0 Å². The maximum absolute atomic E-state index is 13.3. The van der Waals surface area contributed by atoms with Gasteiger partial charge < -0.3 is 24.7 Å². The van der Waals surface area contributed by atoms with Crippen LogP contribution in [0.5, 0.6) is 0 Å². The molecule has 2 amide bonds. The number of amides is 2. The smallest absolute Gasteiger partial charge is 0.273 e. The topological polar surface area (TPSA) is 95.1 Å². The lowest BCUT2D eigenvalue weighted by Crippen LogP contribution is -2.56. The lowest BCUT2D eigenvalue weighted by molar-refractivity contribution is -0.0369. The number of rotatable bonds is 4. The Labute approximate surface area is 202 Å². The van der Waals surface area contributed by atoms with Gasteiger partial charge in [-0.25, -0.2) is 4.98 Å². The zero-order valence-electron chi connectivity index (χ0n) is 19.2. The number of piperidine rings is 1. The molecule has 5 heterocycles. The van der Waals surface area contributed by atoms with Crippen LogP contribution in [0.3, 0.4) is 0 Å². The van der Waals surface area contributed by atoms with Crippen LogP contribution in [0.1, 0.15) is 33.7 Å². The first kappa shape index (κ1) is 21.4. The Morgan fingerprint density at radius 3 is 2.77 bits per heavy atom. The van der Waals surface area contributed by atoms with Crippen LogP contribution in [-0.2, 0) is 0 Å². The van der Waals surface area contributed by atoms with Crippen molar-refractivity contribution >= 4 is 17.5 Å². The third-order valence-electron chi connectivity index (χ3n) is 6.99. The lowest BCUT2D eigenvalue weighted by atomic mass is 9.90. The second-order valence-electron chi connectivity index (χ2n) is 9.29. The molecular formula is C26H26N6O3. The number of carbonyl (C=O) groups excluding carboxylic acids is 2. The molecule has 0 spiro atoms. The molecule has 178 valence electrons. The van der Waals surface area contributed by atoms with E-state index in [0.29, 0.717) is 43.9 Å². The first-order chi connectivity index (χ1) is 17.0. The third-order valence-corrected chi connectivity index (χ3v) is 6.99. The maximum atomic E-state index is 13.3. The molecule has 9 nitrogen and oxygen atoms in total. The normalized spacial score (nSPS) is 17.3. The second-order valence-corrected chi connectivity index (χ2v) is 9.29. The summed E-state index contributed by atoms with van der Waals surface area (Å²) in [5, 5.41) is 11.2. The molecule has 2 N–H and O–H groups in total. The minimum absolute atomic E-state index is 0.0499. The van der Waals surface area contributed by atoms with E-state index in [9.17, 15) is 14.7 Å². The minimum Gasteiger partial charge on any atom is -0.388 e. The molecule has 1 aromatic carbocycles. The third kappa shape index (κ3) is 3.93. The molecule has 0 saturated carbocycles. The van der Waals surface area contributed by atoms with Crippen LogP contribution >= 0.6 is 0 Å². The van der Waals surface area contributed by atoms with E-state index in [1.807, 2.05) is 59.3 Å². The van der Waals surface area contributed by atoms with Crippen LogP contribution in [0.4, 0.5) is 0 Å².